The highest BCUT2D eigenvalue weighted by Gasteiger charge is 2.34. The number of hydrogen-bond donors (Lipinski definition) is 0. The highest BCUT2D eigenvalue weighted by Crippen LogP contribution is 2.23. The van der Waals surface area contributed by atoms with E-state index in [0.29, 0.717) is 49.9 Å². The lowest BCUT2D eigenvalue weighted by Gasteiger charge is -2.38. The number of amides is 2. The van der Waals surface area contributed by atoms with Gasteiger partial charge < -0.3 is 9.80 Å². The Kier molecular flexibility index (Phi) is 7.36. The molecule has 176 valence electrons. The minimum Gasteiger partial charge on any atom is -0.340 e. The van der Waals surface area contributed by atoms with Crippen molar-refractivity contribution in [2.45, 2.75) is 18.6 Å². The number of carbonyl (C=O) groups excluding carboxylic acids is 2. The molecule has 0 aliphatic carbocycles. The highest BCUT2D eigenvalue weighted by molar-refractivity contribution is 7.88. The molecule has 2 fully saturated rings. The minimum atomic E-state index is -3.43. The van der Waals surface area contributed by atoms with Crippen molar-refractivity contribution in [1.82, 2.24) is 14.1 Å². The summed E-state index contributed by atoms with van der Waals surface area (Å²) in [5.41, 5.74) is 1.31. The zero-order chi connectivity index (χ0) is 23.4. The first-order chi connectivity index (χ1) is 15.8. The summed E-state index contributed by atoms with van der Waals surface area (Å²) in [4.78, 5) is 29.5. The molecule has 2 aliphatic heterocycles. The van der Waals surface area contributed by atoms with Crippen LogP contribution in [0.3, 0.4) is 0 Å². The Morgan fingerprint density at radius 3 is 2.21 bits per heavy atom. The topological polar surface area (TPSA) is 78.0 Å². The van der Waals surface area contributed by atoms with Crippen LogP contribution >= 0.6 is 11.6 Å². The van der Waals surface area contributed by atoms with Gasteiger partial charge >= 0.3 is 0 Å². The molecule has 2 saturated heterocycles. The fourth-order valence-electron chi connectivity index (χ4n) is 4.46. The fourth-order valence-corrected chi connectivity index (χ4v) is 6.10. The number of halogens is 1. The molecule has 0 spiro atoms. The fraction of sp³-hybridized carbons (Fsp3) is 0.417. The molecule has 0 unspecified atom stereocenters. The largest absolute Gasteiger partial charge is 0.340 e. The van der Waals surface area contributed by atoms with Crippen LogP contribution in [0.25, 0.3) is 0 Å². The Labute approximate surface area is 200 Å². The van der Waals surface area contributed by atoms with Crippen LogP contribution in [0.2, 0.25) is 5.02 Å². The van der Waals surface area contributed by atoms with Crippen LogP contribution < -0.4 is 0 Å². The number of hydrogen-bond acceptors (Lipinski definition) is 4. The summed E-state index contributed by atoms with van der Waals surface area (Å²) in [6, 6.07) is 15.9. The number of nitrogens with zero attached hydrogens (tertiary/aromatic N) is 3. The summed E-state index contributed by atoms with van der Waals surface area (Å²) in [7, 11) is -3.43. The van der Waals surface area contributed by atoms with E-state index in [1.165, 1.54) is 4.31 Å². The number of likely N-dealkylation sites (tertiary alicyclic amines) is 1. The SMILES string of the molecule is O=C(c1ccc(Cl)cc1)N1CCC[C@H](C(=O)N2CCN(S(=O)(=O)Cc3ccccc3)CC2)C1. The quantitative estimate of drug-likeness (QED) is 0.647. The molecule has 2 aliphatic rings. The smallest absolute Gasteiger partial charge is 0.253 e. The van der Waals surface area contributed by atoms with Gasteiger partial charge in [-0.25, -0.2) is 8.42 Å². The Morgan fingerprint density at radius 2 is 1.55 bits per heavy atom. The van der Waals surface area contributed by atoms with E-state index in [1.54, 1.807) is 46.2 Å². The van der Waals surface area contributed by atoms with Crippen molar-refractivity contribution in [3.05, 3.63) is 70.7 Å². The van der Waals surface area contributed by atoms with Crippen LogP contribution in [-0.4, -0.2) is 73.6 Å². The van der Waals surface area contributed by atoms with Crippen LogP contribution in [0.15, 0.2) is 54.6 Å². The lowest BCUT2D eigenvalue weighted by atomic mass is 9.95. The lowest BCUT2D eigenvalue weighted by Crippen LogP contribution is -2.54. The molecule has 1 atom stereocenters. The van der Waals surface area contributed by atoms with Gasteiger partial charge in [0.15, 0.2) is 0 Å². The summed E-state index contributed by atoms with van der Waals surface area (Å²) in [5.74, 6) is -0.390. The summed E-state index contributed by atoms with van der Waals surface area (Å²) >= 11 is 5.92. The van der Waals surface area contributed by atoms with Gasteiger partial charge in [-0.2, -0.15) is 4.31 Å². The molecular weight excluding hydrogens is 462 g/mol. The highest BCUT2D eigenvalue weighted by atomic mass is 35.5. The maximum Gasteiger partial charge on any atom is 0.253 e. The predicted molar refractivity (Wildman–Crippen MR) is 127 cm³/mol. The van der Waals surface area contributed by atoms with Gasteiger partial charge in [0.1, 0.15) is 0 Å². The van der Waals surface area contributed by atoms with Crippen LogP contribution in [0.4, 0.5) is 0 Å². The van der Waals surface area contributed by atoms with Crippen molar-refractivity contribution < 1.29 is 18.0 Å². The summed E-state index contributed by atoms with van der Waals surface area (Å²) in [6.07, 6.45) is 1.50. The number of rotatable bonds is 5. The maximum atomic E-state index is 13.2. The van der Waals surface area contributed by atoms with Crippen molar-refractivity contribution in [3.63, 3.8) is 0 Å². The molecule has 2 aromatic rings. The Morgan fingerprint density at radius 1 is 0.879 bits per heavy atom. The second-order valence-corrected chi connectivity index (χ2v) is 11.0. The van der Waals surface area contributed by atoms with E-state index in [-0.39, 0.29) is 23.5 Å². The molecule has 0 radical (unpaired) electrons. The van der Waals surface area contributed by atoms with E-state index in [1.807, 2.05) is 18.2 Å². The molecule has 2 heterocycles. The number of benzene rings is 2. The average Bonchev–Trinajstić information content (AvgIpc) is 2.84. The summed E-state index contributed by atoms with van der Waals surface area (Å²) < 4.78 is 27.0. The Balaban J connectivity index is 1.32. The number of sulfonamides is 1. The average molecular weight is 490 g/mol. The van der Waals surface area contributed by atoms with Gasteiger partial charge in [0, 0.05) is 49.9 Å². The van der Waals surface area contributed by atoms with Gasteiger partial charge in [-0.05, 0) is 42.7 Å². The molecule has 0 saturated carbocycles. The van der Waals surface area contributed by atoms with Crippen LogP contribution in [0.1, 0.15) is 28.8 Å². The second-order valence-electron chi connectivity index (χ2n) is 8.56. The molecular formula is C24H28ClN3O4S. The van der Waals surface area contributed by atoms with Crippen molar-refractivity contribution in [2.24, 2.45) is 5.92 Å². The number of piperazine rings is 1. The van der Waals surface area contributed by atoms with Gasteiger partial charge in [-0.15, -0.1) is 0 Å². The molecule has 0 N–H and O–H groups in total. The van der Waals surface area contributed by atoms with Crippen LogP contribution in [0.5, 0.6) is 0 Å². The van der Waals surface area contributed by atoms with Crippen molar-refractivity contribution in [1.29, 1.82) is 0 Å². The van der Waals surface area contributed by atoms with Gasteiger partial charge in [-0.1, -0.05) is 41.9 Å². The molecule has 0 aromatic heterocycles. The monoisotopic (exact) mass is 489 g/mol. The zero-order valence-electron chi connectivity index (χ0n) is 18.4. The first-order valence-corrected chi connectivity index (χ1v) is 13.2. The molecule has 0 bridgehead atoms. The lowest BCUT2D eigenvalue weighted by molar-refractivity contribution is -0.138. The third-order valence-electron chi connectivity index (χ3n) is 6.28. The standard InChI is InChI=1S/C24H28ClN3O4S/c25-22-10-8-20(9-11-22)23(29)27-12-4-7-21(17-27)24(30)26-13-15-28(16-14-26)33(31,32)18-19-5-2-1-3-6-19/h1-3,5-6,8-11,21H,4,7,12-18H2/t21-/m0/s1. The third kappa shape index (κ3) is 5.75. The Hall–Kier alpha value is -2.42. The zero-order valence-corrected chi connectivity index (χ0v) is 20.0. The first-order valence-electron chi connectivity index (χ1n) is 11.2. The maximum absolute atomic E-state index is 13.2. The molecule has 2 aromatic carbocycles. The van der Waals surface area contributed by atoms with E-state index in [0.717, 1.165) is 18.4 Å². The van der Waals surface area contributed by atoms with Crippen LogP contribution in [-0.2, 0) is 20.6 Å². The van der Waals surface area contributed by atoms with E-state index in [9.17, 15) is 18.0 Å². The minimum absolute atomic E-state index is 0.00344. The van der Waals surface area contributed by atoms with Gasteiger partial charge in [0.2, 0.25) is 15.9 Å². The first kappa shape index (κ1) is 23.7. The van der Waals surface area contributed by atoms with E-state index in [2.05, 4.69) is 0 Å². The number of piperidine rings is 1. The summed E-state index contributed by atoms with van der Waals surface area (Å²) in [6.45, 7) is 2.33. The molecule has 9 heteroatoms. The van der Waals surface area contributed by atoms with Crippen molar-refractivity contribution >= 4 is 33.4 Å². The molecule has 4 rings (SSSR count). The van der Waals surface area contributed by atoms with E-state index in [4.69, 9.17) is 11.6 Å². The third-order valence-corrected chi connectivity index (χ3v) is 8.39. The second kappa shape index (κ2) is 10.2. The van der Waals surface area contributed by atoms with Crippen molar-refractivity contribution in [3.8, 4) is 0 Å². The molecule has 7 nitrogen and oxygen atoms in total. The van der Waals surface area contributed by atoms with Crippen molar-refractivity contribution in [2.75, 3.05) is 39.3 Å². The number of carbonyl (C=O) groups is 2. The Bertz CT molecular complexity index is 1080. The normalized spacial score (nSPS) is 20.0. The molecule has 33 heavy (non-hydrogen) atoms. The van der Waals surface area contributed by atoms with E-state index < -0.39 is 10.0 Å². The van der Waals surface area contributed by atoms with Gasteiger partial charge in [-0.3, -0.25) is 9.59 Å². The molecule has 2 amide bonds. The van der Waals surface area contributed by atoms with Crippen LogP contribution in [0, 0.1) is 5.92 Å². The van der Waals surface area contributed by atoms with Gasteiger partial charge in [0.25, 0.3) is 5.91 Å². The summed E-state index contributed by atoms with van der Waals surface area (Å²) in [5, 5.41) is 0.572. The predicted octanol–water partition coefficient (Wildman–Crippen LogP) is 2.87. The van der Waals surface area contributed by atoms with Gasteiger partial charge in [0.05, 0.1) is 11.7 Å². The van der Waals surface area contributed by atoms with E-state index >= 15 is 0 Å².